The quantitative estimate of drug-likeness (QED) is 0.817. The predicted molar refractivity (Wildman–Crippen MR) is 102 cm³/mol. The van der Waals surface area contributed by atoms with Gasteiger partial charge in [0, 0.05) is 6.54 Å². The van der Waals surface area contributed by atoms with E-state index in [2.05, 4.69) is 27.0 Å². The molecule has 134 valence electrons. The van der Waals surface area contributed by atoms with Gasteiger partial charge in [-0.1, -0.05) is 31.0 Å². The largest absolute Gasteiger partial charge is 0.484 e. The van der Waals surface area contributed by atoms with Crippen molar-refractivity contribution in [1.29, 1.82) is 0 Å². The van der Waals surface area contributed by atoms with Gasteiger partial charge in [0.1, 0.15) is 5.75 Å². The number of nitrogens with zero attached hydrogens (tertiary/aromatic N) is 1. The summed E-state index contributed by atoms with van der Waals surface area (Å²) < 4.78 is 5.53. The second-order valence-electron chi connectivity index (χ2n) is 6.43. The van der Waals surface area contributed by atoms with E-state index in [9.17, 15) is 4.79 Å². The van der Waals surface area contributed by atoms with E-state index in [1.807, 2.05) is 30.3 Å². The minimum atomic E-state index is -0.0705. The van der Waals surface area contributed by atoms with Crippen molar-refractivity contribution in [2.45, 2.75) is 31.7 Å². The van der Waals surface area contributed by atoms with E-state index in [-0.39, 0.29) is 18.6 Å². The number of hydrogen-bond donors (Lipinski definition) is 1. The van der Waals surface area contributed by atoms with E-state index in [4.69, 9.17) is 4.74 Å². The number of hydrogen-bond acceptors (Lipinski definition) is 4. The average Bonchev–Trinajstić information content (AvgIpc) is 3.04. The number of ether oxygens (including phenoxy) is 1. The van der Waals surface area contributed by atoms with Crippen LogP contribution in [-0.4, -0.2) is 37.0 Å². The summed E-state index contributed by atoms with van der Waals surface area (Å²) in [5, 5.41) is 7.37. The molecule has 0 radical (unpaired) electrons. The van der Waals surface area contributed by atoms with Crippen LogP contribution in [0.1, 0.15) is 37.3 Å². The molecule has 4 nitrogen and oxygen atoms in total. The molecular weight excluding hydrogens is 332 g/mol. The standard InChI is InChI=1S/C20H26N2O2S/c23-20(15-24-18-8-4-3-5-9-18)21-14-19(17-10-13-25-16-17)22-11-6-1-2-7-12-22/h3-5,8-10,13,16,19H,1-2,6-7,11-12,14-15H2,(H,21,23). The van der Waals surface area contributed by atoms with E-state index in [1.54, 1.807) is 11.3 Å². The first-order chi connectivity index (χ1) is 12.3. The summed E-state index contributed by atoms with van der Waals surface area (Å²) in [6, 6.07) is 11.9. The van der Waals surface area contributed by atoms with Gasteiger partial charge >= 0.3 is 0 Å². The SMILES string of the molecule is O=C(COc1ccccc1)NCC(c1ccsc1)N1CCCCCC1. The Hall–Kier alpha value is -1.85. The zero-order valence-electron chi connectivity index (χ0n) is 14.5. The van der Waals surface area contributed by atoms with Crippen molar-refractivity contribution in [3.63, 3.8) is 0 Å². The molecule has 3 rings (SSSR count). The summed E-state index contributed by atoms with van der Waals surface area (Å²) >= 11 is 1.71. The molecule has 1 fully saturated rings. The number of rotatable bonds is 7. The van der Waals surface area contributed by atoms with Crippen LogP contribution in [-0.2, 0) is 4.79 Å². The van der Waals surface area contributed by atoms with E-state index in [1.165, 1.54) is 31.2 Å². The lowest BCUT2D eigenvalue weighted by Crippen LogP contribution is -2.40. The highest BCUT2D eigenvalue weighted by molar-refractivity contribution is 7.07. The van der Waals surface area contributed by atoms with Gasteiger partial charge in [-0.3, -0.25) is 9.69 Å². The number of nitrogens with one attached hydrogen (secondary N) is 1. The number of carbonyl (C=O) groups excluding carboxylic acids is 1. The Kier molecular flexibility index (Phi) is 6.89. The average molecular weight is 359 g/mol. The molecule has 25 heavy (non-hydrogen) atoms. The molecule has 1 aromatic carbocycles. The normalized spacial score (nSPS) is 16.8. The van der Waals surface area contributed by atoms with Crippen molar-refractivity contribution in [3.05, 3.63) is 52.7 Å². The molecule has 1 saturated heterocycles. The summed E-state index contributed by atoms with van der Waals surface area (Å²) in [7, 11) is 0. The first-order valence-electron chi connectivity index (χ1n) is 9.03. The summed E-state index contributed by atoms with van der Waals surface area (Å²) in [4.78, 5) is 14.7. The molecule has 1 aromatic heterocycles. The van der Waals surface area contributed by atoms with E-state index < -0.39 is 0 Å². The second-order valence-corrected chi connectivity index (χ2v) is 7.21. The van der Waals surface area contributed by atoms with Gasteiger partial charge in [0.25, 0.3) is 5.91 Å². The van der Waals surface area contributed by atoms with E-state index in [0.717, 1.165) is 18.8 Å². The van der Waals surface area contributed by atoms with Gasteiger partial charge < -0.3 is 10.1 Å². The van der Waals surface area contributed by atoms with Gasteiger partial charge in [0.15, 0.2) is 6.61 Å². The maximum Gasteiger partial charge on any atom is 0.258 e. The van der Waals surface area contributed by atoms with Crippen molar-refractivity contribution in [1.82, 2.24) is 10.2 Å². The Morgan fingerprint density at radius 1 is 1.12 bits per heavy atom. The topological polar surface area (TPSA) is 41.6 Å². The van der Waals surface area contributed by atoms with Crippen LogP contribution in [0, 0.1) is 0 Å². The zero-order chi connectivity index (χ0) is 17.3. The lowest BCUT2D eigenvalue weighted by atomic mass is 10.1. The summed E-state index contributed by atoms with van der Waals surface area (Å²) in [5.74, 6) is 0.651. The Labute approximate surface area is 153 Å². The highest BCUT2D eigenvalue weighted by Gasteiger charge is 2.22. The Bertz CT molecular complexity index is 622. The van der Waals surface area contributed by atoms with E-state index in [0.29, 0.717) is 6.54 Å². The van der Waals surface area contributed by atoms with Crippen molar-refractivity contribution in [3.8, 4) is 5.75 Å². The molecule has 1 unspecified atom stereocenters. The van der Waals surface area contributed by atoms with Crippen LogP contribution < -0.4 is 10.1 Å². The number of carbonyl (C=O) groups is 1. The van der Waals surface area contributed by atoms with Gasteiger partial charge in [-0.05, 0) is 60.5 Å². The lowest BCUT2D eigenvalue weighted by Gasteiger charge is -2.30. The number of likely N-dealkylation sites (tertiary alicyclic amines) is 1. The number of amides is 1. The summed E-state index contributed by atoms with van der Waals surface area (Å²) in [6.45, 7) is 2.90. The van der Waals surface area contributed by atoms with Crippen LogP contribution in [0.5, 0.6) is 5.75 Å². The molecule has 1 atom stereocenters. The van der Waals surface area contributed by atoms with Gasteiger partial charge in [-0.2, -0.15) is 11.3 Å². The maximum absolute atomic E-state index is 12.2. The van der Waals surface area contributed by atoms with E-state index >= 15 is 0 Å². The molecule has 1 aliphatic heterocycles. The van der Waals surface area contributed by atoms with Gasteiger partial charge in [-0.25, -0.2) is 0 Å². The molecule has 2 aromatic rings. The van der Waals surface area contributed by atoms with Crippen LogP contribution in [0.2, 0.25) is 0 Å². The number of para-hydroxylation sites is 1. The fourth-order valence-corrected chi connectivity index (χ4v) is 3.96. The molecule has 1 aliphatic rings. The van der Waals surface area contributed by atoms with Crippen LogP contribution in [0.3, 0.4) is 0 Å². The molecule has 0 bridgehead atoms. The lowest BCUT2D eigenvalue weighted by molar-refractivity contribution is -0.123. The van der Waals surface area contributed by atoms with Crippen LogP contribution in [0.4, 0.5) is 0 Å². The molecule has 0 saturated carbocycles. The third-order valence-electron chi connectivity index (χ3n) is 4.62. The van der Waals surface area contributed by atoms with Gasteiger partial charge in [-0.15, -0.1) is 0 Å². The number of benzene rings is 1. The molecule has 1 N–H and O–H groups in total. The monoisotopic (exact) mass is 358 g/mol. The Balaban J connectivity index is 1.54. The minimum absolute atomic E-state index is 0.0559. The summed E-state index contributed by atoms with van der Waals surface area (Å²) in [5.41, 5.74) is 1.30. The first-order valence-corrected chi connectivity index (χ1v) is 9.98. The Morgan fingerprint density at radius 3 is 2.56 bits per heavy atom. The van der Waals surface area contributed by atoms with Crippen molar-refractivity contribution < 1.29 is 9.53 Å². The molecular formula is C20H26N2O2S. The minimum Gasteiger partial charge on any atom is -0.484 e. The molecule has 0 aliphatic carbocycles. The maximum atomic E-state index is 12.2. The van der Waals surface area contributed by atoms with Crippen molar-refractivity contribution in [2.24, 2.45) is 0 Å². The third kappa shape index (κ3) is 5.58. The third-order valence-corrected chi connectivity index (χ3v) is 5.32. The van der Waals surface area contributed by atoms with Crippen LogP contribution >= 0.6 is 11.3 Å². The van der Waals surface area contributed by atoms with Gasteiger partial charge in [0.2, 0.25) is 0 Å². The Morgan fingerprint density at radius 2 is 1.88 bits per heavy atom. The van der Waals surface area contributed by atoms with Crippen LogP contribution in [0.15, 0.2) is 47.2 Å². The predicted octanol–water partition coefficient (Wildman–Crippen LogP) is 3.86. The smallest absolute Gasteiger partial charge is 0.258 e. The number of thiophene rings is 1. The van der Waals surface area contributed by atoms with Crippen LogP contribution in [0.25, 0.3) is 0 Å². The highest BCUT2D eigenvalue weighted by Crippen LogP contribution is 2.25. The fraction of sp³-hybridized carbons (Fsp3) is 0.450. The molecule has 5 heteroatoms. The zero-order valence-corrected chi connectivity index (χ0v) is 15.3. The highest BCUT2D eigenvalue weighted by atomic mass is 32.1. The second kappa shape index (κ2) is 9.59. The van der Waals surface area contributed by atoms with Gasteiger partial charge in [0.05, 0.1) is 6.04 Å². The van der Waals surface area contributed by atoms with Crippen molar-refractivity contribution in [2.75, 3.05) is 26.2 Å². The summed E-state index contributed by atoms with van der Waals surface area (Å²) in [6.07, 6.45) is 5.10. The first kappa shape index (κ1) is 18.0. The van der Waals surface area contributed by atoms with Crippen molar-refractivity contribution >= 4 is 17.2 Å². The fourth-order valence-electron chi connectivity index (χ4n) is 3.26. The molecule has 2 heterocycles. The molecule has 0 spiro atoms. The molecule has 1 amide bonds.